The number of non-ortho nitro benzene ring substituents is 1. The Labute approximate surface area is 127 Å². The largest absolute Gasteiger partial charge is 0.478 e. The molecule has 118 valence electrons. The van der Waals surface area contributed by atoms with Crippen LogP contribution in [0, 0.1) is 16.0 Å². The third kappa shape index (κ3) is 3.41. The van der Waals surface area contributed by atoms with Crippen LogP contribution < -0.4 is 0 Å². The molecule has 1 fully saturated rings. The predicted molar refractivity (Wildman–Crippen MR) is 79.0 cm³/mol. The first-order chi connectivity index (χ1) is 10.4. The number of likely N-dealkylation sites (tertiary alicyclic amines) is 1. The molecular weight excluding hydrogens is 288 g/mol. The van der Waals surface area contributed by atoms with E-state index in [1.165, 1.54) is 6.07 Å². The van der Waals surface area contributed by atoms with E-state index in [0.717, 1.165) is 31.4 Å². The van der Waals surface area contributed by atoms with Crippen molar-refractivity contribution in [2.75, 3.05) is 13.1 Å². The van der Waals surface area contributed by atoms with E-state index in [1.807, 2.05) is 0 Å². The first kappa shape index (κ1) is 15.9. The number of nitrogens with zero attached hydrogens (tertiary/aromatic N) is 2. The summed E-state index contributed by atoms with van der Waals surface area (Å²) in [4.78, 5) is 35.5. The summed E-state index contributed by atoms with van der Waals surface area (Å²) in [5.74, 6) is -1.21. The molecule has 1 N–H and O–H groups in total. The minimum absolute atomic E-state index is 0.0587. The molecule has 0 aliphatic carbocycles. The molecule has 1 aliphatic heterocycles. The maximum Gasteiger partial charge on any atom is 0.335 e. The number of benzene rings is 1. The fraction of sp³-hybridized carbons (Fsp3) is 0.467. The average Bonchev–Trinajstić information content (AvgIpc) is 2.53. The van der Waals surface area contributed by atoms with E-state index in [9.17, 15) is 19.7 Å². The lowest BCUT2D eigenvalue weighted by atomic mass is 9.95. The summed E-state index contributed by atoms with van der Waals surface area (Å²) in [7, 11) is 0. The Morgan fingerprint density at radius 2 is 2.05 bits per heavy atom. The standard InChI is InChI=1S/C15H18N2O5/c1-2-10-4-3-5-16(9-10)14(18)11-6-12(15(19)20)8-13(7-11)17(21)22/h6-8,10H,2-5,9H2,1H3,(H,19,20). The van der Waals surface area contributed by atoms with Crippen molar-refractivity contribution in [3.63, 3.8) is 0 Å². The SMILES string of the molecule is CCC1CCCN(C(=O)c2cc(C(=O)O)cc([N+](=O)[O-])c2)C1. The lowest BCUT2D eigenvalue weighted by Gasteiger charge is -2.32. The Kier molecular flexibility index (Phi) is 4.75. The molecule has 1 saturated heterocycles. The van der Waals surface area contributed by atoms with Gasteiger partial charge in [0.1, 0.15) is 0 Å². The van der Waals surface area contributed by atoms with Crippen LogP contribution >= 0.6 is 0 Å². The highest BCUT2D eigenvalue weighted by atomic mass is 16.6. The van der Waals surface area contributed by atoms with Gasteiger partial charge < -0.3 is 10.0 Å². The predicted octanol–water partition coefficient (Wildman–Crippen LogP) is 2.56. The summed E-state index contributed by atoms with van der Waals surface area (Å²) in [6, 6.07) is 3.31. The maximum atomic E-state index is 12.5. The molecule has 0 radical (unpaired) electrons. The zero-order chi connectivity index (χ0) is 16.3. The van der Waals surface area contributed by atoms with Gasteiger partial charge in [-0.15, -0.1) is 0 Å². The van der Waals surface area contributed by atoms with E-state index >= 15 is 0 Å². The summed E-state index contributed by atoms with van der Waals surface area (Å²) >= 11 is 0. The van der Waals surface area contributed by atoms with Gasteiger partial charge in [-0.3, -0.25) is 14.9 Å². The number of rotatable bonds is 4. The van der Waals surface area contributed by atoms with Crippen molar-refractivity contribution in [1.29, 1.82) is 0 Å². The summed E-state index contributed by atoms with van der Waals surface area (Å²) in [5, 5.41) is 20.0. The molecule has 7 nitrogen and oxygen atoms in total. The van der Waals surface area contributed by atoms with Gasteiger partial charge in [-0.1, -0.05) is 13.3 Å². The van der Waals surface area contributed by atoms with Crippen LogP contribution in [0.15, 0.2) is 18.2 Å². The van der Waals surface area contributed by atoms with Crippen LogP contribution in [0.5, 0.6) is 0 Å². The second-order valence-corrected chi connectivity index (χ2v) is 5.50. The number of carbonyl (C=O) groups is 2. The smallest absolute Gasteiger partial charge is 0.335 e. The molecule has 0 saturated carbocycles. The highest BCUT2D eigenvalue weighted by Gasteiger charge is 2.25. The fourth-order valence-electron chi connectivity index (χ4n) is 2.73. The van der Waals surface area contributed by atoms with Gasteiger partial charge in [0.2, 0.25) is 0 Å². The van der Waals surface area contributed by atoms with Crippen molar-refractivity contribution in [2.24, 2.45) is 5.92 Å². The van der Waals surface area contributed by atoms with Crippen molar-refractivity contribution in [2.45, 2.75) is 26.2 Å². The van der Waals surface area contributed by atoms with Gasteiger partial charge in [-0.25, -0.2) is 4.79 Å². The molecule has 1 amide bonds. The number of piperidine rings is 1. The molecule has 22 heavy (non-hydrogen) atoms. The van der Waals surface area contributed by atoms with Gasteiger partial charge in [0, 0.05) is 30.8 Å². The van der Waals surface area contributed by atoms with Gasteiger partial charge >= 0.3 is 5.97 Å². The number of nitro groups is 1. The second kappa shape index (κ2) is 6.55. The quantitative estimate of drug-likeness (QED) is 0.680. The van der Waals surface area contributed by atoms with Crippen LogP contribution in [0.2, 0.25) is 0 Å². The Bertz CT molecular complexity index is 582. The number of hydrogen-bond donors (Lipinski definition) is 1. The van der Waals surface area contributed by atoms with Gasteiger partial charge in [0.05, 0.1) is 10.5 Å². The highest BCUT2D eigenvalue weighted by Crippen LogP contribution is 2.23. The molecule has 1 atom stereocenters. The molecule has 7 heteroatoms. The number of carboxylic acids is 1. The van der Waals surface area contributed by atoms with E-state index < -0.39 is 10.9 Å². The molecule has 0 bridgehead atoms. The van der Waals surface area contributed by atoms with Gasteiger partial charge in [0.25, 0.3) is 11.6 Å². The first-order valence-electron chi connectivity index (χ1n) is 7.24. The minimum Gasteiger partial charge on any atom is -0.478 e. The van der Waals surface area contributed by atoms with Gasteiger partial charge in [-0.05, 0) is 24.8 Å². The number of carbonyl (C=O) groups excluding carboxylic acids is 1. The highest BCUT2D eigenvalue weighted by molar-refractivity contribution is 5.98. The van der Waals surface area contributed by atoms with Crippen molar-refractivity contribution >= 4 is 17.6 Å². The number of hydrogen-bond acceptors (Lipinski definition) is 4. The Morgan fingerprint density at radius 3 is 2.64 bits per heavy atom. The number of nitro benzene ring substituents is 1. The Hall–Kier alpha value is -2.44. The van der Waals surface area contributed by atoms with Crippen molar-refractivity contribution in [1.82, 2.24) is 4.90 Å². The van der Waals surface area contributed by atoms with E-state index in [1.54, 1.807) is 4.90 Å². The Balaban J connectivity index is 2.32. The first-order valence-corrected chi connectivity index (χ1v) is 7.24. The summed E-state index contributed by atoms with van der Waals surface area (Å²) in [6.07, 6.45) is 2.93. The van der Waals surface area contributed by atoms with Gasteiger partial charge in [-0.2, -0.15) is 0 Å². The van der Waals surface area contributed by atoms with E-state index in [4.69, 9.17) is 5.11 Å². The third-order valence-corrected chi connectivity index (χ3v) is 4.01. The number of amides is 1. The zero-order valence-corrected chi connectivity index (χ0v) is 12.3. The fourth-order valence-corrected chi connectivity index (χ4v) is 2.73. The molecule has 1 unspecified atom stereocenters. The zero-order valence-electron chi connectivity index (χ0n) is 12.3. The van der Waals surface area contributed by atoms with Crippen LogP contribution in [-0.2, 0) is 0 Å². The third-order valence-electron chi connectivity index (χ3n) is 4.01. The number of carboxylic acid groups (broad SMARTS) is 1. The molecule has 1 aromatic carbocycles. The lowest BCUT2D eigenvalue weighted by molar-refractivity contribution is -0.384. The van der Waals surface area contributed by atoms with Crippen LogP contribution in [0.3, 0.4) is 0 Å². The van der Waals surface area contributed by atoms with E-state index in [0.29, 0.717) is 19.0 Å². The Morgan fingerprint density at radius 1 is 1.36 bits per heavy atom. The molecule has 1 aromatic rings. The van der Waals surface area contributed by atoms with Crippen molar-refractivity contribution in [3.05, 3.63) is 39.4 Å². The molecule has 1 heterocycles. The molecule has 0 spiro atoms. The summed E-state index contributed by atoms with van der Waals surface area (Å²) in [5.41, 5.74) is -0.572. The van der Waals surface area contributed by atoms with Crippen LogP contribution in [0.4, 0.5) is 5.69 Å². The molecule has 2 rings (SSSR count). The van der Waals surface area contributed by atoms with E-state index in [2.05, 4.69) is 6.92 Å². The minimum atomic E-state index is -1.29. The monoisotopic (exact) mass is 306 g/mol. The van der Waals surface area contributed by atoms with Gasteiger partial charge in [0.15, 0.2) is 0 Å². The normalized spacial score (nSPS) is 18.0. The number of aromatic carboxylic acids is 1. The maximum absolute atomic E-state index is 12.5. The topological polar surface area (TPSA) is 101 Å². The average molecular weight is 306 g/mol. The lowest BCUT2D eigenvalue weighted by Crippen LogP contribution is -2.39. The van der Waals surface area contributed by atoms with E-state index in [-0.39, 0.29) is 22.7 Å². The summed E-state index contributed by atoms with van der Waals surface area (Å²) < 4.78 is 0. The molecule has 0 aromatic heterocycles. The van der Waals surface area contributed by atoms with Crippen LogP contribution in [0.25, 0.3) is 0 Å². The molecular formula is C15H18N2O5. The van der Waals surface area contributed by atoms with Crippen LogP contribution in [-0.4, -0.2) is 39.9 Å². The summed E-state index contributed by atoms with van der Waals surface area (Å²) in [6.45, 7) is 3.27. The second-order valence-electron chi connectivity index (χ2n) is 5.50. The van der Waals surface area contributed by atoms with Crippen LogP contribution in [0.1, 0.15) is 46.9 Å². The van der Waals surface area contributed by atoms with Crippen molar-refractivity contribution in [3.8, 4) is 0 Å². The molecule has 1 aliphatic rings. The van der Waals surface area contributed by atoms with Crippen molar-refractivity contribution < 1.29 is 19.6 Å².